The minimum absolute atomic E-state index is 0.431. The topological polar surface area (TPSA) is 41.6 Å². The molecule has 0 spiro atoms. The Morgan fingerprint density at radius 3 is 1.90 bits per heavy atom. The summed E-state index contributed by atoms with van der Waals surface area (Å²) in [6.07, 6.45) is -4.46. The molecule has 0 aromatic carbocycles. The second-order valence-electron chi connectivity index (χ2n) is 1.66. The van der Waals surface area contributed by atoms with Crippen LogP contribution in [0.1, 0.15) is 0 Å². The Hall–Kier alpha value is -0.780. The van der Waals surface area contributed by atoms with Gasteiger partial charge in [0.1, 0.15) is 0 Å². The third kappa shape index (κ3) is 2.22. The Morgan fingerprint density at radius 1 is 1.50 bits per heavy atom. The molecule has 10 heavy (non-hydrogen) atoms. The van der Waals surface area contributed by atoms with Crippen LogP contribution in [-0.4, -0.2) is 31.1 Å². The average Bonchev–Trinajstić information content (AvgIpc) is 1.60. The van der Waals surface area contributed by atoms with E-state index in [0.717, 1.165) is 14.1 Å². The minimum Gasteiger partial charge on any atom is -0.294 e. The van der Waals surface area contributed by atoms with Crippen LogP contribution in [0.25, 0.3) is 0 Å². The zero-order chi connectivity index (χ0) is 8.36. The number of halogens is 3. The molecule has 0 bridgehead atoms. The van der Waals surface area contributed by atoms with Crippen molar-refractivity contribution < 1.29 is 13.2 Å². The molecule has 0 fully saturated rings. The Bertz CT molecular complexity index is 137. The van der Waals surface area contributed by atoms with Gasteiger partial charge in [-0.15, -0.1) is 0 Å². The van der Waals surface area contributed by atoms with E-state index in [1.807, 2.05) is 0 Å². The van der Waals surface area contributed by atoms with Gasteiger partial charge in [0.05, 0.1) is 0 Å². The number of hydrogen-bond acceptors (Lipinski definition) is 2. The second-order valence-corrected chi connectivity index (χ2v) is 1.66. The summed E-state index contributed by atoms with van der Waals surface area (Å²) in [6.45, 7) is 0. The predicted molar refractivity (Wildman–Crippen MR) is 31.4 cm³/mol. The van der Waals surface area contributed by atoms with E-state index in [1.165, 1.54) is 0 Å². The highest BCUT2D eigenvalue weighted by atomic mass is 19.4. The van der Waals surface area contributed by atoms with E-state index in [9.17, 15) is 13.2 Å². The van der Waals surface area contributed by atoms with Crippen LogP contribution in [0.2, 0.25) is 0 Å². The van der Waals surface area contributed by atoms with E-state index in [4.69, 9.17) is 5.84 Å². The lowest BCUT2D eigenvalue weighted by Crippen LogP contribution is -2.42. The zero-order valence-corrected chi connectivity index (χ0v) is 5.61. The molecule has 2 N–H and O–H groups in total. The van der Waals surface area contributed by atoms with Crippen molar-refractivity contribution in [1.29, 1.82) is 0 Å². The monoisotopic (exact) mass is 155 g/mol. The predicted octanol–water partition coefficient (Wildman–Crippen LogP) is 0.383. The van der Waals surface area contributed by atoms with E-state index < -0.39 is 12.0 Å². The smallest absolute Gasteiger partial charge is 0.294 e. The third-order valence-corrected chi connectivity index (χ3v) is 0.799. The van der Waals surface area contributed by atoms with Gasteiger partial charge in [0.2, 0.25) is 5.84 Å². The van der Waals surface area contributed by atoms with Crippen LogP contribution in [0.4, 0.5) is 13.2 Å². The van der Waals surface area contributed by atoms with Crippen LogP contribution in [0.3, 0.4) is 0 Å². The van der Waals surface area contributed by atoms with E-state index in [-0.39, 0.29) is 0 Å². The Morgan fingerprint density at radius 2 is 1.90 bits per heavy atom. The Kier molecular flexibility index (Phi) is 2.65. The fourth-order valence-electron chi connectivity index (χ4n) is 0.484. The first-order valence-corrected chi connectivity index (χ1v) is 2.42. The summed E-state index contributed by atoms with van der Waals surface area (Å²) in [6, 6.07) is 0. The molecule has 0 rings (SSSR count). The van der Waals surface area contributed by atoms with Crippen molar-refractivity contribution >= 4 is 5.84 Å². The first kappa shape index (κ1) is 9.22. The van der Waals surface area contributed by atoms with Crippen molar-refractivity contribution in [3.05, 3.63) is 0 Å². The summed E-state index contributed by atoms with van der Waals surface area (Å²) in [5, 5.41) is 0.431. The van der Waals surface area contributed by atoms with E-state index in [2.05, 4.69) is 4.99 Å². The van der Waals surface area contributed by atoms with Gasteiger partial charge in [0.15, 0.2) is 0 Å². The zero-order valence-electron chi connectivity index (χ0n) is 5.61. The standard InChI is InChI=1S/C4H8F3N3/c1-9-3(10(2)8)4(5,6)7/h8H2,1-2H3. The molecule has 0 saturated heterocycles. The van der Waals surface area contributed by atoms with Gasteiger partial charge in [-0.1, -0.05) is 0 Å². The SMILES string of the molecule is CN=C(N(C)N)C(F)(F)F. The highest BCUT2D eigenvalue weighted by Crippen LogP contribution is 2.17. The van der Waals surface area contributed by atoms with Crippen LogP contribution in [-0.2, 0) is 0 Å². The highest BCUT2D eigenvalue weighted by Gasteiger charge is 2.37. The maximum atomic E-state index is 11.7. The number of nitrogens with two attached hydrogens (primary N) is 1. The summed E-state index contributed by atoms with van der Waals surface area (Å²) < 4.78 is 35.2. The van der Waals surface area contributed by atoms with Crippen molar-refractivity contribution in [2.45, 2.75) is 6.18 Å². The molecule has 0 unspecified atom stereocenters. The Balaban J connectivity index is 4.40. The summed E-state index contributed by atoms with van der Waals surface area (Å²) in [5.74, 6) is 3.73. The van der Waals surface area contributed by atoms with Crippen LogP contribution in [0.5, 0.6) is 0 Å². The van der Waals surface area contributed by atoms with Gasteiger partial charge in [-0.2, -0.15) is 13.2 Å². The molecular formula is C4H8F3N3. The molecule has 3 nitrogen and oxygen atoms in total. The van der Waals surface area contributed by atoms with E-state index in [1.54, 1.807) is 0 Å². The number of rotatable bonds is 0. The van der Waals surface area contributed by atoms with E-state index in [0.29, 0.717) is 5.01 Å². The van der Waals surface area contributed by atoms with Crippen LogP contribution >= 0.6 is 0 Å². The molecule has 0 aromatic heterocycles. The number of alkyl halides is 3. The van der Waals surface area contributed by atoms with Crippen LogP contribution < -0.4 is 5.84 Å². The van der Waals surface area contributed by atoms with Crippen LogP contribution in [0, 0.1) is 0 Å². The van der Waals surface area contributed by atoms with Gasteiger partial charge in [0, 0.05) is 14.1 Å². The highest BCUT2D eigenvalue weighted by molar-refractivity contribution is 5.86. The van der Waals surface area contributed by atoms with Crippen molar-refractivity contribution in [2.75, 3.05) is 14.1 Å². The number of hydrogen-bond donors (Lipinski definition) is 1. The maximum absolute atomic E-state index is 11.7. The third-order valence-electron chi connectivity index (χ3n) is 0.799. The van der Waals surface area contributed by atoms with Gasteiger partial charge >= 0.3 is 6.18 Å². The molecule has 6 heteroatoms. The summed E-state index contributed by atoms with van der Waals surface area (Å²) in [7, 11) is 2.11. The minimum atomic E-state index is -4.46. The van der Waals surface area contributed by atoms with E-state index >= 15 is 0 Å². The number of amidine groups is 1. The van der Waals surface area contributed by atoms with Gasteiger partial charge in [-0.25, -0.2) is 5.84 Å². The van der Waals surface area contributed by atoms with Crippen molar-refractivity contribution in [3.8, 4) is 0 Å². The lowest BCUT2D eigenvalue weighted by Gasteiger charge is -2.16. The first-order valence-electron chi connectivity index (χ1n) is 2.42. The number of hydrazine groups is 1. The quantitative estimate of drug-likeness (QED) is 0.238. The van der Waals surface area contributed by atoms with Gasteiger partial charge in [-0.3, -0.25) is 10.0 Å². The molecular weight excluding hydrogens is 147 g/mol. The molecule has 0 aliphatic heterocycles. The molecule has 60 valence electrons. The van der Waals surface area contributed by atoms with Crippen molar-refractivity contribution in [3.63, 3.8) is 0 Å². The Labute approximate surface area is 56.3 Å². The van der Waals surface area contributed by atoms with Crippen LogP contribution in [0.15, 0.2) is 4.99 Å². The normalized spacial score (nSPS) is 13.6. The first-order chi connectivity index (χ1) is 4.39. The molecule has 0 amide bonds. The fraction of sp³-hybridized carbons (Fsp3) is 0.750. The van der Waals surface area contributed by atoms with Crippen molar-refractivity contribution in [1.82, 2.24) is 5.01 Å². The summed E-state index contributed by atoms with van der Waals surface area (Å²) >= 11 is 0. The number of aliphatic imine (C=N–C) groups is 1. The fourth-order valence-corrected chi connectivity index (χ4v) is 0.484. The molecule has 0 heterocycles. The van der Waals surface area contributed by atoms with Gasteiger partial charge in [-0.05, 0) is 0 Å². The summed E-state index contributed by atoms with van der Waals surface area (Å²) in [4.78, 5) is 2.95. The average molecular weight is 155 g/mol. The second kappa shape index (κ2) is 2.87. The molecule has 0 saturated carbocycles. The van der Waals surface area contributed by atoms with Gasteiger partial charge in [0.25, 0.3) is 0 Å². The number of nitrogens with zero attached hydrogens (tertiary/aromatic N) is 2. The lowest BCUT2D eigenvalue weighted by molar-refractivity contribution is -0.0679. The molecule has 0 atom stereocenters. The van der Waals surface area contributed by atoms with Gasteiger partial charge < -0.3 is 0 Å². The molecule has 0 aliphatic rings. The molecule has 0 aliphatic carbocycles. The largest absolute Gasteiger partial charge is 0.450 e. The summed E-state index contributed by atoms with van der Waals surface area (Å²) in [5.41, 5.74) is 0. The lowest BCUT2D eigenvalue weighted by atomic mass is 10.5. The van der Waals surface area contributed by atoms with Crippen molar-refractivity contribution in [2.24, 2.45) is 10.8 Å². The maximum Gasteiger partial charge on any atom is 0.450 e. The molecule has 0 aromatic rings. The molecule has 0 radical (unpaired) electrons.